The molecule has 0 aromatic rings. The number of imide groups is 3. The fraction of sp³-hybridized carbons (Fsp3) is 0.649. The Morgan fingerprint density at radius 3 is 1.30 bits per heavy atom. The number of carbonyl (C=O) groups is 11. The van der Waals surface area contributed by atoms with Crippen LogP contribution in [0.5, 0.6) is 0 Å². The average Bonchev–Trinajstić information content (AvgIpc) is 3.23. The lowest BCUT2D eigenvalue weighted by Gasteiger charge is -2.25. The molecule has 23 heteroatoms. The topological polar surface area (TPSA) is 347 Å². The summed E-state index contributed by atoms with van der Waals surface area (Å²) in [6, 6.07) is -7.18. The molecule has 0 fully saturated rings. The highest BCUT2D eigenvalue weighted by atomic mass is 16.5. The molecule has 0 radical (unpaired) electrons. The van der Waals surface area contributed by atoms with Crippen molar-refractivity contribution in [2.24, 2.45) is 0 Å². The molecule has 0 saturated heterocycles. The number of nitrogens with one attached hydrogen (secondary N) is 4. The molecule has 0 saturated carbocycles. The Bertz CT molecular complexity index is 1460. The third kappa shape index (κ3) is 23.7. The number of unbranched alkanes of at least 4 members (excludes halogenated alkanes) is 9. The highest BCUT2D eigenvalue weighted by Crippen LogP contribution is 2.11. The van der Waals surface area contributed by atoms with E-state index >= 15 is 0 Å². The Kier molecular flexibility index (Phi) is 29.2. The summed E-state index contributed by atoms with van der Waals surface area (Å²) in [5, 5.41) is 55.1. The molecule has 0 heterocycles. The van der Waals surface area contributed by atoms with Gasteiger partial charge in [0.15, 0.2) is 0 Å². The molecule has 0 aliphatic heterocycles. The lowest BCUT2D eigenvalue weighted by Crippen LogP contribution is -2.58. The van der Waals surface area contributed by atoms with Gasteiger partial charge in [-0.15, -0.1) is 0 Å². The molecule has 0 rings (SSSR count). The number of carbonyl (C=O) groups excluding carboxylic acids is 10. The molecule has 0 bridgehead atoms. The van der Waals surface area contributed by atoms with E-state index in [0.29, 0.717) is 12.8 Å². The number of aliphatic carboxylic acids is 1. The Morgan fingerprint density at radius 2 is 0.867 bits per heavy atom. The zero-order valence-corrected chi connectivity index (χ0v) is 33.7. The third-order valence-corrected chi connectivity index (χ3v) is 8.89. The molecule has 0 aromatic carbocycles. The number of carboxylic acid groups (broad SMARTS) is 1. The zero-order chi connectivity index (χ0) is 45.5. The Labute approximate surface area is 346 Å². The van der Waals surface area contributed by atoms with Crippen molar-refractivity contribution < 1.29 is 78.6 Å². The van der Waals surface area contributed by atoms with Crippen LogP contribution < -0.4 is 21.3 Å². The molecule has 9 N–H and O–H groups in total. The number of aliphatic hydroxyl groups is 1. The van der Waals surface area contributed by atoms with Gasteiger partial charge in [-0.05, 0) is 51.4 Å². The average molecular weight is 858 g/mol. The molecular formula is C37H59N7O16. The van der Waals surface area contributed by atoms with E-state index in [2.05, 4.69) is 29.7 Å². The van der Waals surface area contributed by atoms with Crippen LogP contribution in [0, 0.1) is 0 Å². The van der Waals surface area contributed by atoms with Gasteiger partial charge in [0.25, 0.3) is 17.7 Å². The first kappa shape index (κ1) is 54.3. The van der Waals surface area contributed by atoms with E-state index in [4.69, 9.17) is 5.21 Å². The first-order chi connectivity index (χ1) is 28.6. The van der Waals surface area contributed by atoms with Crippen molar-refractivity contribution in [1.29, 1.82) is 0 Å². The van der Waals surface area contributed by atoms with Crippen LogP contribution in [-0.2, 0) is 52.7 Å². The number of allylic oxidation sites excluding steroid dienone is 2. The molecule has 10 amide bonds. The second kappa shape index (κ2) is 32.2. The van der Waals surface area contributed by atoms with Gasteiger partial charge < -0.3 is 31.5 Å². The number of hydroxylamine groups is 6. The fourth-order valence-corrected chi connectivity index (χ4v) is 5.40. The minimum Gasteiger partial charge on any atom is -0.480 e. The molecular weight excluding hydrogens is 798 g/mol. The number of rotatable bonds is 34. The second-order valence-electron chi connectivity index (χ2n) is 13.6. The van der Waals surface area contributed by atoms with Gasteiger partial charge in [-0.1, -0.05) is 57.6 Å². The molecule has 0 spiro atoms. The lowest BCUT2D eigenvalue weighted by atomic mass is 10.1. The smallest absolute Gasteiger partial charge is 0.326 e. The number of aliphatic hydroxyl groups excluding tert-OH is 1. The first-order valence-corrected chi connectivity index (χ1v) is 19.6. The maximum atomic E-state index is 13.5. The van der Waals surface area contributed by atoms with E-state index in [1.165, 1.54) is 25.7 Å². The molecule has 4 atom stereocenters. The Hall–Kier alpha value is -5.65. The van der Waals surface area contributed by atoms with Crippen molar-refractivity contribution in [3.8, 4) is 0 Å². The summed E-state index contributed by atoms with van der Waals surface area (Å²) >= 11 is 0. The van der Waals surface area contributed by atoms with Gasteiger partial charge in [-0.2, -0.15) is 15.2 Å². The van der Waals surface area contributed by atoms with E-state index in [9.17, 15) is 73.4 Å². The first-order valence-electron chi connectivity index (χ1n) is 19.6. The maximum Gasteiger partial charge on any atom is 0.326 e. The van der Waals surface area contributed by atoms with Gasteiger partial charge in [0, 0.05) is 25.7 Å². The molecule has 338 valence electrons. The lowest BCUT2D eigenvalue weighted by molar-refractivity contribution is -0.171. The Balaban J connectivity index is 5.83. The summed E-state index contributed by atoms with van der Waals surface area (Å²) in [5.41, 5.74) is 0. The molecule has 0 aliphatic carbocycles. The van der Waals surface area contributed by atoms with Crippen molar-refractivity contribution in [1.82, 2.24) is 36.5 Å². The molecule has 0 aliphatic rings. The molecule has 60 heavy (non-hydrogen) atoms. The number of hydrogen-bond acceptors (Lipinski definition) is 15. The highest BCUT2D eigenvalue weighted by molar-refractivity contribution is 5.96. The number of carboxylic acids is 1. The summed E-state index contributed by atoms with van der Waals surface area (Å²) in [6.45, 7) is 0.993. The van der Waals surface area contributed by atoms with Crippen LogP contribution in [0.4, 0.5) is 0 Å². The SMILES string of the molecule is CCCCCC/C=C\CCCCCCCC(=O)N[C@@H](CCC(=O)N(O)C=O)C(=O)N[C@@H](CCC(=O)N(O)C=O)C(=O)N[C@@H](CO)C(=O)N[C@@H](CCC(=O)N(O)C=O)C(=O)O. The number of hydrogen-bond donors (Lipinski definition) is 9. The molecule has 0 unspecified atom stereocenters. The third-order valence-electron chi connectivity index (χ3n) is 8.89. The van der Waals surface area contributed by atoms with Crippen LogP contribution >= 0.6 is 0 Å². The second-order valence-corrected chi connectivity index (χ2v) is 13.6. The summed E-state index contributed by atoms with van der Waals surface area (Å²) in [6.07, 6.45) is 10.2. The van der Waals surface area contributed by atoms with Crippen molar-refractivity contribution in [3.63, 3.8) is 0 Å². The van der Waals surface area contributed by atoms with E-state index in [1.807, 2.05) is 10.6 Å². The van der Waals surface area contributed by atoms with E-state index in [1.54, 1.807) is 0 Å². The normalized spacial score (nSPS) is 12.8. The minimum absolute atomic E-state index is 0.0412. The highest BCUT2D eigenvalue weighted by Gasteiger charge is 2.32. The maximum absolute atomic E-state index is 13.5. The minimum atomic E-state index is -1.93. The van der Waals surface area contributed by atoms with Gasteiger partial charge in [-0.25, -0.2) is 4.79 Å². The van der Waals surface area contributed by atoms with Crippen molar-refractivity contribution in [2.75, 3.05) is 6.61 Å². The summed E-state index contributed by atoms with van der Waals surface area (Å²) in [4.78, 5) is 133. The van der Waals surface area contributed by atoms with Crippen LogP contribution in [0.3, 0.4) is 0 Å². The standard InChI is InChI=1S/C37H59N7O16/c1-2-3-4-5-6-7-8-9-10-11-12-13-14-15-30(49)38-26(16-19-31(50)42(58)23-46)34(53)39-27(17-20-32(51)43(59)24-47)35(54)41-29(22-45)36(55)40-28(37(56)57)18-21-33(52)44(60)25-48/h7-8,23-29,45,58-60H,2-6,9-22H2,1H3,(H,38,49)(H,39,53)(H,40,55)(H,41,54)(H,56,57)/b8-7-/t26-,27-,28-,29-/m0/s1. The molecule has 23 nitrogen and oxygen atoms in total. The van der Waals surface area contributed by atoms with Gasteiger partial charge in [0.1, 0.15) is 24.2 Å². The van der Waals surface area contributed by atoms with Crippen LogP contribution in [0.2, 0.25) is 0 Å². The van der Waals surface area contributed by atoms with Crippen LogP contribution in [-0.4, -0.2) is 138 Å². The quantitative estimate of drug-likeness (QED) is 0.0132. The van der Waals surface area contributed by atoms with Crippen LogP contribution in [0.15, 0.2) is 12.2 Å². The van der Waals surface area contributed by atoms with E-state index < -0.39 is 117 Å². The number of amides is 10. The van der Waals surface area contributed by atoms with Gasteiger partial charge in [0.05, 0.1) is 6.61 Å². The number of nitrogens with zero attached hydrogens (tertiary/aromatic N) is 3. The monoisotopic (exact) mass is 857 g/mol. The predicted molar refractivity (Wildman–Crippen MR) is 204 cm³/mol. The van der Waals surface area contributed by atoms with Gasteiger partial charge >= 0.3 is 5.97 Å². The van der Waals surface area contributed by atoms with E-state index in [-0.39, 0.29) is 40.8 Å². The predicted octanol–water partition coefficient (Wildman–Crippen LogP) is -0.277. The van der Waals surface area contributed by atoms with Crippen molar-refractivity contribution in [3.05, 3.63) is 12.2 Å². The summed E-state index contributed by atoms with van der Waals surface area (Å²) in [5.74, 6) is -9.66. The van der Waals surface area contributed by atoms with Crippen molar-refractivity contribution in [2.45, 2.75) is 147 Å². The van der Waals surface area contributed by atoms with Gasteiger partial charge in [0.2, 0.25) is 42.9 Å². The summed E-state index contributed by atoms with van der Waals surface area (Å²) < 4.78 is 0. The Morgan fingerprint density at radius 1 is 0.500 bits per heavy atom. The van der Waals surface area contributed by atoms with Crippen molar-refractivity contribution >= 4 is 66.5 Å². The van der Waals surface area contributed by atoms with Crippen LogP contribution in [0.25, 0.3) is 0 Å². The van der Waals surface area contributed by atoms with E-state index in [0.717, 1.165) is 32.1 Å². The van der Waals surface area contributed by atoms with Crippen LogP contribution in [0.1, 0.15) is 122 Å². The summed E-state index contributed by atoms with van der Waals surface area (Å²) in [7, 11) is 0. The largest absolute Gasteiger partial charge is 0.480 e. The zero-order valence-electron chi connectivity index (χ0n) is 33.7. The van der Waals surface area contributed by atoms with Gasteiger partial charge in [-0.3, -0.25) is 63.6 Å². The molecule has 0 aromatic heterocycles. The fourth-order valence-electron chi connectivity index (χ4n) is 5.40.